The van der Waals surface area contributed by atoms with Crippen molar-refractivity contribution < 1.29 is 13.5 Å². The predicted molar refractivity (Wildman–Crippen MR) is 132 cm³/mol. The van der Waals surface area contributed by atoms with Gasteiger partial charge in [-0.05, 0) is 28.6 Å². The van der Waals surface area contributed by atoms with Crippen molar-refractivity contribution in [1.82, 2.24) is 44.8 Å². The number of hydrogen-bond acceptors (Lipinski definition) is 8. The Bertz CT molecular complexity index is 1720. The largest absolute Gasteiger partial charge is 0.618 e. The molecule has 0 radical (unpaired) electrons. The average Bonchev–Trinajstić information content (AvgIpc) is 3.72. The van der Waals surface area contributed by atoms with Gasteiger partial charge in [0.25, 0.3) is 0 Å². The van der Waals surface area contributed by atoms with Crippen molar-refractivity contribution >= 4 is 22.9 Å². The van der Waals surface area contributed by atoms with Crippen LogP contribution in [0.2, 0.25) is 5.02 Å². The molecule has 0 fully saturated rings. The molecule has 5 aromatic heterocycles. The van der Waals surface area contributed by atoms with Crippen molar-refractivity contribution in [2.75, 3.05) is 0 Å². The van der Waals surface area contributed by atoms with Crippen LogP contribution < -0.4 is 4.73 Å². The second kappa shape index (κ2) is 9.72. The van der Waals surface area contributed by atoms with Crippen LogP contribution in [-0.2, 0) is 6.54 Å². The van der Waals surface area contributed by atoms with Gasteiger partial charge in [0.05, 0.1) is 57.4 Å². The van der Waals surface area contributed by atoms with E-state index in [0.29, 0.717) is 10.4 Å². The van der Waals surface area contributed by atoms with Crippen LogP contribution in [0.4, 0.5) is 8.78 Å². The Morgan fingerprint density at radius 3 is 2.66 bits per heavy atom. The smallest absolute Gasteiger partial charge is 0.219 e. The molecule has 0 N–H and O–H groups in total. The number of benzene rings is 1. The van der Waals surface area contributed by atoms with Crippen LogP contribution in [0.3, 0.4) is 0 Å². The molecule has 0 bridgehead atoms. The number of halogens is 3. The van der Waals surface area contributed by atoms with E-state index in [-0.39, 0.29) is 28.4 Å². The second-order valence-corrected chi connectivity index (χ2v) is 9.44. The van der Waals surface area contributed by atoms with Crippen molar-refractivity contribution in [3.8, 4) is 27.3 Å². The lowest BCUT2D eigenvalue weighted by Gasteiger charge is -2.18. The zero-order valence-corrected chi connectivity index (χ0v) is 20.7. The molecule has 6 aromatic rings. The molecule has 0 aliphatic rings. The standard InChI is InChI=1S/C23H15ClF2N10OS/c24-17-2-4-19(35-12-28-31-32-35)22(23(17)26)14-1-3-18(36(37)9-14)20(11-33-10-16(25)6-29-33)34-8-15(5-30-34)21-7-27-13-38-21/h1-10,12-13,20H,11H2/t20-/m0/s1. The van der Waals surface area contributed by atoms with Crippen LogP contribution in [0.1, 0.15) is 11.7 Å². The van der Waals surface area contributed by atoms with Crippen LogP contribution in [0, 0.1) is 16.8 Å². The van der Waals surface area contributed by atoms with E-state index in [2.05, 4.69) is 30.7 Å². The molecule has 0 amide bonds. The first-order valence-corrected chi connectivity index (χ1v) is 12.3. The molecule has 0 aliphatic heterocycles. The van der Waals surface area contributed by atoms with Gasteiger partial charge in [0.15, 0.2) is 23.9 Å². The summed E-state index contributed by atoms with van der Waals surface area (Å²) in [5.41, 5.74) is 3.40. The summed E-state index contributed by atoms with van der Waals surface area (Å²) in [4.78, 5) is 4.99. The van der Waals surface area contributed by atoms with E-state index >= 15 is 4.39 Å². The van der Waals surface area contributed by atoms with E-state index in [1.54, 1.807) is 47.0 Å². The summed E-state index contributed by atoms with van der Waals surface area (Å²) in [6.07, 6.45) is 10.0. The first kappa shape index (κ1) is 23.8. The Kier molecular flexibility index (Phi) is 6.09. The zero-order chi connectivity index (χ0) is 26.2. The highest BCUT2D eigenvalue weighted by Crippen LogP contribution is 2.33. The Labute approximate surface area is 221 Å². The number of thiazole rings is 1. The summed E-state index contributed by atoms with van der Waals surface area (Å²) in [5.74, 6) is -1.23. The number of rotatable bonds is 7. The minimum absolute atomic E-state index is 0.0539. The average molecular weight is 553 g/mol. The van der Waals surface area contributed by atoms with E-state index in [1.807, 2.05) is 0 Å². The first-order chi connectivity index (χ1) is 18.5. The van der Waals surface area contributed by atoms with Crippen molar-refractivity contribution in [1.29, 1.82) is 0 Å². The molecule has 15 heteroatoms. The number of tetrazole rings is 1. The summed E-state index contributed by atoms with van der Waals surface area (Å²) in [5, 5.41) is 32.8. The van der Waals surface area contributed by atoms with Gasteiger partial charge in [-0.3, -0.25) is 14.3 Å². The molecule has 190 valence electrons. The maximum Gasteiger partial charge on any atom is 0.219 e. The van der Waals surface area contributed by atoms with E-state index in [1.165, 1.54) is 45.5 Å². The van der Waals surface area contributed by atoms with Gasteiger partial charge >= 0.3 is 0 Å². The van der Waals surface area contributed by atoms with Crippen molar-refractivity contribution in [3.05, 3.63) is 101 Å². The van der Waals surface area contributed by atoms with Gasteiger partial charge in [-0.1, -0.05) is 11.6 Å². The molecule has 0 aliphatic carbocycles. The Balaban J connectivity index is 1.44. The molecule has 0 unspecified atom stereocenters. The third-order valence-corrected chi connectivity index (χ3v) is 6.96. The highest BCUT2D eigenvalue weighted by Gasteiger charge is 2.27. The summed E-state index contributed by atoms with van der Waals surface area (Å²) in [6.45, 7) is 0.108. The number of pyridine rings is 1. The van der Waals surface area contributed by atoms with Gasteiger partial charge in [-0.25, -0.2) is 8.78 Å². The van der Waals surface area contributed by atoms with Crippen molar-refractivity contribution in [2.45, 2.75) is 12.6 Å². The molecule has 38 heavy (non-hydrogen) atoms. The third kappa shape index (κ3) is 4.39. The van der Waals surface area contributed by atoms with E-state index in [4.69, 9.17) is 11.6 Å². The first-order valence-electron chi connectivity index (χ1n) is 11.0. The predicted octanol–water partition coefficient (Wildman–Crippen LogP) is 3.70. The van der Waals surface area contributed by atoms with E-state index < -0.39 is 17.7 Å². The summed E-state index contributed by atoms with van der Waals surface area (Å²) >= 11 is 7.51. The Morgan fingerprint density at radius 1 is 1.05 bits per heavy atom. The fraction of sp³-hybridized carbons (Fsp3) is 0.0870. The second-order valence-electron chi connectivity index (χ2n) is 8.15. The lowest BCUT2D eigenvalue weighted by molar-refractivity contribution is -0.615. The third-order valence-electron chi connectivity index (χ3n) is 5.84. The Hall–Kier alpha value is -4.56. The summed E-state index contributed by atoms with van der Waals surface area (Å²) in [7, 11) is 0. The normalized spacial score (nSPS) is 12.2. The van der Waals surface area contributed by atoms with Crippen LogP contribution in [-0.4, -0.2) is 44.8 Å². The minimum Gasteiger partial charge on any atom is -0.618 e. The molecular formula is C23H15ClF2N10OS. The highest BCUT2D eigenvalue weighted by molar-refractivity contribution is 7.13. The van der Waals surface area contributed by atoms with E-state index in [9.17, 15) is 9.60 Å². The number of nitrogens with zero attached hydrogens (tertiary/aromatic N) is 10. The monoisotopic (exact) mass is 552 g/mol. The van der Waals surface area contributed by atoms with E-state index in [0.717, 1.165) is 16.6 Å². The molecule has 11 nitrogen and oxygen atoms in total. The van der Waals surface area contributed by atoms with Crippen LogP contribution in [0.25, 0.3) is 27.3 Å². The fourth-order valence-electron chi connectivity index (χ4n) is 4.10. The number of hydrogen-bond donors (Lipinski definition) is 0. The van der Waals surface area contributed by atoms with Gasteiger partial charge in [0.1, 0.15) is 6.33 Å². The minimum atomic E-state index is -0.725. The molecule has 0 spiro atoms. The maximum absolute atomic E-state index is 15.2. The lowest BCUT2D eigenvalue weighted by atomic mass is 10.0. The topological polar surface area (TPSA) is 119 Å². The molecule has 0 saturated carbocycles. The lowest BCUT2D eigenvalue weighted by Crippen LogP contribution is -2.37. The SMILES string of the molecule is [O-][n+]1cc(-c2c(-n3cnnn3)ccc(Cl)c2F)ccc1[C@H](Cn1cc(F)cn1)n1cc(-c2cncs2)cn1. The van der Waals surface area contributed by atoms with Crippen LogP contribution in [0.15, 0.2) is 73.3 Å². The van der Waals surface area contributed by atoms with Crippen molar-refractivity contribution in [2.24, 2.45) is 0 Å². The Morgan fingerprint density at radius 2 is 1.95 bits per heavy atom. The molecule has 5 heterocycles. The van der Waals surface area contributed by atoms with Gasteiger partial charge in [0.2, 0.25) is 5.69 Å². The van der Waals surface area contributed by atoms with Gasteiger partial charge in [-0.15, -0.1) is 16.4 Å². The molecule has 6 rings (SSSR count). The van der Waals surface area contributed by atoms with Gasteiger partial charge in [-0.2, -0.15) is 19.6 Å². The molecular weight excluding hydrogens is 538 g/mol. The summed E-state index contributed by atoms with van der Waals surface area (Å²) < 4.78 is 33.8. The molecule has 0 saturated heterocycles. The quantitative estimate of drug-likeness (QED) is 0.219. The fourth-order valence-corrected chi connectivity index (χ4v) is 4.85. The summed E-state index contributed by atoms with van der Waals surface area (Å²) in [6, 6.07) is 5.42. The zero-order valence-electron chi connectivity index (χ0n) is 19.1. The van der Waals surface area contributed by atoms with Crippen LogP contribution >= 0.6 is 22.9 Å². The number of aromatic nitrogens is 10. The molecule has 1 atom stereocenters. The van der Waals surface area contributed by atoms with Crippen molar-refractivity contribution in [3.63, 3.8) is 0 Å². The maximum atomic E-state index is 15.2. The highest BCUT2D eigenvalue weighted by atomic mass is 35.5. The van der Waals surface area contributed by atoms with Gasteiger partial charge < -0.3 is 5.21 Å². The molecule has 1 aromatic carbocycles. The van der Waals surface area contributed by atoms with Crippen LogP contribution in [0.5, 0.6) is 0 Å². The van der Waals surface area contributed by atoms with Gasteiger partial charge in [0, 0.05) is 24.0 Å².